The molecule has 0 bridgehead atoms. The van der Waals surface area contributed by atoms with Gasteiger partial charge < -0.3 is 9.84 Å². The van der Waals surface area contributed by atoms with Gasteiger partial charge in [0.1, 0.15) is 0 Å². The van der Waals surface area contributed by atoms with Crippen molar-refractivity contribution in [3.05, 3.63) is 10.4 Å². The van der Waals surface area contributed by atoms with Crippen LogP contribution in [0.25, 0.3) is 10.4 Å². The SMILES string of the molecule is COC(=O)[C@H](O)[C@@H](N=[N+]=[N-])C1CC1. The second-order valence-corrected chi connectivity index (χ2v) is 3.00. The first-order valence-corrected chi connectivity index (χ1v) is 4.00. The van der Waals surface area contributed by atoms with E-state index in [1.54, 1.807) is 0 Å². The van der Waals surface area contributed by atoms with E-state index >= 15 is 0 Å². The molecule has 6 nitrogen and oxygen atoms in total. The zero-order chi connectivity index (χ0) is 9.84. The van der Waals surface area contributed by atoms with Crippen LogP contribution >= 0.6 is 0 Å². The average molecular weight is 185 g/mol. The molecule has 0 heterocycles. The smallest absolute Gasteiger partial charge is 0.335 e. The van der Waals surface area contributed by atoms with E-state index in [4.69, 9.17) is 5.53 Å². The van der Waals surface area contributed by atoms with Crippen LogP contribution in [0, 0.1) is 5.92 Å². The fraction of sp³-hybridized carbons (Fsp3) is 0.857. The van der Waals surface area contributed by atoms with Gasteiger partial charge in [-0.05, 0) is 24.3 Å². The fourth-order valence-corrected chi connectivity index (χ4v) is 1.17. The molecule has 6 heteroatoms. The van der Waals surface area contributed by atoms with E-state index in [0.717, 1.165) is 12.8 Å². The lowest BCUT2D eigenvalue weighted by atomic mass is 10.1. The molecule has 1 rings (SSSR count). The van der Waals surface area contributed by atoms with E-state index < -0.39 is 18.1 Å². The number of methoxy groups -OCH3 is 1. The lowest BCUT2D eigenvalue weighted by Gasteiger charge is -2.14. The van der Waals surface area contributed by atoms with Crippen molar-refractivity contribution in [1.82, 2.24) is 0 Å². The maximum atomic E-state index is 10.9. The van der Waals surface area contributed by atoms with E-state index in [0.29, 0.717) is 0 Å². The second kappa shape index (κ2) is 4.11. The Labute approximate surface area is 75.1 Å². The Bertz CT molecular complexity index is 245. The van der Waals surface area contributed by atoms with Gasteiger partial charge in [0.2, 0.25) is 0 Å². The standard InChI is InChI=1S/C7H11N3O3/c1-13-7(12)6(11)5(9-10-8)4-2-3-4/h4-6,11H,2-3H2,1H3/t5-,6+/m0/s1. The lowest BCUT2D eigenvalue weighted by Crippen LogP contribution is -2.34. The van der Waals surface area contributed by atoms with E-state index in [1.165, 1.54) is 7.11 Å². The number of esters is 1. The Morgan fingerprint density at radius 1 is 1.77 bits per heavy atom. The number of ether oxygens (including phenoxy) is 1. The Balaban J connectivity index is 2.62. The summed E-state index contributed by atoms with van der Waals surface area (Å²) in [6.07, 6.45) is 0.448. The molecule has 1 fully saturated rings. The van der Waals surface area contributed by atoms with Gasteiger partial charge in [0.15, 0.2) is 6.10 Å². The third-order valence-corrected chi connectivity index (χ3v) is 2.06. The number of carbonyl (C=O) groups is 1. The Morgan fingerprint density at radius 2 is 2.38 bits per heavy atom. The van der Waals surface area contributed by atoms with Crippen molar-refractivity contribution < 1.29 is 14.6 Å². The van der Waals surface area contributed by atoms with Crippen molar-refractivity contribution >= 4 is 5.97 Å². The number of nitrogens with zero attached hydrogens (tertiary/aromatic N) is 3. The van der Waals surface area contributed by atoms with Crippen LogP contribution in [0.15, 0.2) is 5.11 Å². The summed E-state index contributed by atoms with van der Waals surface area (Å²) in [6, 6.07) is -0.669. The van der Waals surface area contributed by atoms with Crippen molar-refractivity contribution in [1.29, 1.82) is 0 Å². The highest BCUT2D eigenvalue weighted by Crippen LogP contribution is 2.36. The number of hydrogen-bond donors (Lipinski definition) is 1. The fourth-order valence-electron chi connectivity index (χ4n) is 1.17. The summed E-state index contributed by atoms with van der Waals surface area (Å²) < 4.78 is 4.34. The highest BCUT2D eigenvalue weighted by atomic mass is 16.5. The minimum Gasteiger partial charge on any atom is -0.467 e. The monoisotopic (exact) mass is 185 g/mol. The van der Waals surface area contributed by atoms with E-state index in [1.807, 2.05) is 0 Å². The zero-order valence-corrected chi connectivity index (χ0v) is 7.25. The lowest BCUT2D eigenvalue weighted by molar-refractivity contribution is -0.151. The third kappa shape index (κ3) is 2.34. The van der Waals surface area contributed by atoms with Crippen molar-refractivity contribution in [2.24, 2.45) is 11.0 Å². The van der Waals surface area contributed by atoms with Crippen molar-refractivity contribution in [2.75, 3.05) is 7.11 Å². The molecule has 0 radical (unpaired) electrons. The van der Waals surface area contributed by atoms with Crippen LogP contribution < -0.4 is 0 Å². The molecule has 0 aromatic carbocycles. The summed E-state index contributed by atoms with van der Waals surface area (Å²) in [5.41, 5.74) is 8.21. The molecule has 2 atom stereocenters. The van der Waals surface area contributed by atoms with Gasteiger partial charge in [-0.3, -0.25) is 0 Å². The molecular weight excluding hydrogens is 174 g/mol. The van der Waals surface area contributed by atoms with Crippen LogP contribution in [0.1, 0.15) is 12.8 Å². The van der Waals surface area contributed by atoms with Crippen molar-refractivity contribution in [2.45, 2.75) is 25.0 Å². The molecule has 1 N–H and O–H groups in total. The molecule has 1 saturated carbocycles. The highest BCUT2D eigenvalue weighted by Gasteiger charge is 2.38. The van der Waals surface area contributed by atoms with Crippen LogP contribution in [-0.2, 0) is 9.53 Å². The quantitative estimate of drug-likeness (QED) is 0.301. The summed E-state index contributed by atoms with van der Waals surface area (Å²) in [5, 5.41) is 12.8. The number of aliphatic hydroxyl groups is 1. The first-order chi connectivity index (χ1) is 6.20. The van der Waals surface area contributed by atoms with Gasteiger partial charge in [-0.15, -0.1) is 0 Å². The summed E-state index contributed by atoms with van der Waals surface area (Å²) in [7, 11) is 1.19. The Hall–Kier alpha value is -1.26. The summed E-state index contributed by atoms with van der Waals surface area (Å²) in [6.45, 7) is 0. The summed E-state index contributed by atoms with van der Waals surface area (Å²) >= 11 is 0. The summed E-state index contributed by atoms with van der Waals surface area (Å²) in [5.74, 6) is -0.616. The van der Waals surface area contributed by atoms with Crippen LogP contribution in [0.3, 0.4) is 0 Å². The first kappa shape index (κ1) is 9.83. The minimum absolute atomic E-state index is 0.130. The van der Waals surface area contributed by atoms with Crippen molar-refractivity contribution in [3.8, 4) is 0 Å². The molecule has 0 saturated heterocycles. The molecule has 13 heavy (non-hydrogen) atoms. The number of aliphatic hydroxyl groups excluding tert-OH is 1. The van der Waals surface area contributed by atoms with Gasteiger partial charge in [-0.25, -0.2) is 4.79 Å². The molecular formula is C7H11N3O3. The number of carbonyl (C=O) groups excluding carboxylic acids is 1. The van der Waals surface area contributed by atoms with Crippen molar-refractivity contribution in [3.63, 3.8) is 0 Å². The van der Waals surface area contributed by atoms with Crippen LogP contribution in [0.5, 0.6) is 0 Å². The van der Waals surface area contributed by atoms with Crippen LogP contribution in [0.2, 0.25) is 0 Å². The molecule has 0 amide bonds. The van der Waals surface area contributed by atoms with E-state index in [2.05, 4.69) is 14.8 Å². The largest absolute Gasteiger partial charge is 0.467 e. The van der Waals surface area contributed by atoms with E-state index in [9.17, 15) is 9.90 Å². The maximum Gasteiger partial charge on any atom is 0.335 e. The molecule has 0 unspecified atom stereocenters. The number of azide groups is 1. The first-order valence-electron chi connectivity index (χ1n) is 4.00. The number of rotatable bonds is 4. The molecule has 0 aromatic rings. The van der Waals surface area contributed by atoms with Gasteiger partial charge in [0.05, 0.1) is 13.2 Å². The van der Waals surface area contributed by atoms with Crippen LogP contribution in [0.4, 0.5) is 0 Å². The van der Waals surface area contributed by atoms with E-state index in [-0.39, 0.29) is 5.92 Å². The maximum absolute atomic E-state index is 10.9. The molecule has 0 aliphatic heterocycles. The average Bonchev–Trinajstić information content (AvgIpc) is 2.95. The predicted octanol–water partition coefficient (Wildman–Crippen LogP) is 0.609. The highest BCUT2D eigenvalue weighted by molar-refractivity contribution is 5.75. The third-order valence-electron chi connectivity index (χ3n) is 2.06. The minimum atomic E-state index is -1.33. The Morgan fingerprint density at radius 3 is 2.77 bits per heavy atom. The molecule has 72 valence electrons. The van der Waals surface area contributed by atoms with Gasteiger partial charge in [0, 0.05) is 4.91 Å². The topological polar surface area (TPSA) is 95.3 Å². The molecule has 0 aromatic heterocycles. The van der Waals surface area contributed by atoms with Gasteiger partial charge in [-0.2, -0.15) is 0 Å². The zero-order valence-electron chi connectivity index (χ0n) is 7.25. The molecule has 1 aliphatic carbocycles. The normalized spacial score (nSPS) is 19.8. The van der Waals surface area contributed by atoms with Gasteiger partial charge in [0.25, 0.3) is 0 Å². The van der Waals surface area contributed by atoms with Crippen LogP contribution in [-0.4, -0.2) is 30.3 Å². The summed E-state index contributed by atoms with van der Waals surface area (Å²) in [4.78, 5) is 13.5. The molecule has 0 spiro atoms. The van der Waals surface area contributed by atoms with Gasteiger partial charge in [-0.1, -0.05) is 5.11 Å². The predicted molar refractivity (Wildman–Crippen MR) is 43.7 cm³/mol. The molecule has 1 aliphatic rings. The second-order valence-electron chi connectivity index (χ2n) is 3.00. The van der Waals surface area contributed by atoms with Gasteiger partial charge >= 0.3 is 5.97 Å². The number of hydrogen-bond acceptors (Lipinski definition) is 4. The Kier molecular flexibility index (Phi) is 3.11.